The number of ketones is 1. The molecule has 0 spiro atoms. The molecule has 4 aromatic rings. The zero-order chi connectivity index (χ0) is 28.3. The number of likely N-dealkylation sites (N-methyl/N-ethyl adjacent to an activating group) is 1. The molecule has 3 N–H and O–H groups in total. The maximum absolute atomic E-state index is 13.5. The van der Waals surface area contributed by atoms with Crippen molar-refractivity contribution < 1.29 is 9.59 Å². The van der Waals surface area contributed by atoms with Gasteiger partial charge < -0.3 is 30.3 Å². The Hall–Kier alpha value is -4.70. The van der Waals surface area contributed by atoms with Crippen molar-refractivity contribution in [3.05, 3.63) is 84.6 Å². The summed E-state index contributed by atoms with van der Waals surface area (Å²) in [5.74, 6) is 0.750. The number of hydrogen-bond donors (Lipinski definition) is 3. The SMILES string of the molecule is C=CC(=O)N1CC[C@H](Nc2nc(Nc3ccc(N4CCN(C)CC4)cc3)nc3[nH]cc(C(=O)c4ccccc4)c23)C1. The number of nitrogens with one attached hydrogen (secondary N) is 3. The Morgan fingerprint density at radius 1 is 1.00 bits per heavy atom. The Labute approximate surface area is 239 Å². The first kappa shape index (κ1) is 26.5. The van der Waals surface area contributed by atoms with Crippen LogP contribution in [-0.4, -0.2) is 88.8 Å². The van der Waals surface area contributed by atoms with Gasteiger partial charge >= 0.3 is 0 Å². The molecule has 10 nitrogen and oxygen atoms in total. The third-order valence-corrected chi connectivity index (χ3v) is 7.82. The number of hydrogen-bond acceptors (Lipinski definition) is 8. The van der Waals surface area contributed by atoms with Crippen molar-refractivity contribution in [3.8, 4) is 0 Å². The van der Waals surface area contributed by atoms with Crippen molar-refractivity contribution in [1.82, 2.24) is 24.8 Å². The monoisotopic (exact) mass is 550 g/mol. The highest BCUT2D eigenvalue weighted by molar-refractivity contribution is 6.18. The summed E-state index contributed by atoms with van der Waals surface area (Å²) in [6.45, 7) is 8.88. The number of aromatic nitrogens is 3. The van der Waals surface area contributed by atoms with Gasteiger partial charge in [-0.25, -0.2) is 0 Å². The summed E-state index contributed by atoms with van der Waals surface area (Å²) in [4.78, 5) is 44.8. The van der Waals surface area contributed by atoms with E-state index in [9.17, 15) is 9.59 Å². The van der Waals surface area contributed by atoms with E-state index in [2.05, 4.69) is 51.2 Å². The van der Waals surface area contributed by atoms with Crippen LogP contribution < -0.4 is 15.5 Å². The van der Waals surface area contributed by atoms with Crippen LogP contribution in [0.4, 0.5) is 23.1 Å². The number of aromatic amines is 1. The number of fused-ring (bicyclic) bond motifs is 1. The Bertz CT molecular complexity index is 1560. The minimum absolute atomic E-state index is 0.0256. The molecule has 1 atom stereocenters. The fourth-order valence-electron chi connectivity index (χ4n) is 5.47. The third-order valence-electron chi connectivity index (χ3n) is 7.82. The topological polar surface area (TPSA) is 109 Å². The predicted molar refractivity (Wildman–Crippen MR) is 162 cm³/mol. The molecular weight excluding hydrogens is 516 g/mol. The minimum Gasteiger partial charge on any atom is -0.369 e. The van der Waals surface area contributed by atoms with Gasteiger partial charge in [-0.05, 0) is 43.8 Å². The van der Waals surface area contributed by atoms with Crippen LogP contribution in [0.3, 0.4) is 0 Å². The van der Waals surface area contributed by atoms with Gasteiger partial charge in [-0.1, -0.05) is 36.9 Å². The Kier molecular flexibility index (Phi) is 7.39. The van der Waals surface area contributed by atoms with E-state index in [1.54, 1.807) is 23.2 Å². The molecule has 6 rings (SSSR count). The van der Waals surface area contributed by atoms with E-state index in [1.807, 2.05) is 30.3 Å². The lowest BCUT2D eigenvalue weighted by Gasteiger charge is -2.34. The molecule has 1 amide bonds. The van der Waals surface area contributed by atoms with Crippen LogP contribution in [0.25, 0.3) is 11.0 Å². The lowest BCUT2D eigenvalue weighted by Crippen LogP contribution is -2.44. The molecule has 2 aromatic heterocycles. The van der Waals surface area contributed by atoms with Gasteiger partial charge in [0.2, 0.25) is 11.9 Å². The molecule has 0 saturated carbocycles. The summed E-state index contributed by atoms with van der Waals surface area (Å²) in [6.07, 6.45) is 3.79. The number of amides is 1. The number of carbonyl (C=O) groups excluding carboxylic acids is 2. The second-order valence-electron chi connectivity index (χ2n) is 10.6. The average Bonchev–Trinajstić information content (AvgIpc) is 3.65. The zero-order valence-corrected chi connectivity index (χ0v) is 23.1. The van der Waals surface area contributed by atoms with E-state index in [0.29, 0.717) is 47.0 Å². The first-order chi connectivity index (χ1) is 20.0. The summed E-state index contributed by atoms with van der Waals surface area (Å²) in [6, 6.07) is 17.4. The van der Waals surface area contributed by atoms with Gasteiger partial charge in [0, 0.05) is 68.4 Å². The van der Waals surface area contributed by atoms with Crippen molar-refractivity contribution >= 4 is 45.9 Å². The Balaban J connectivity index is 1.29. The highest BCUT2D eigenvalue weighted by Gasteiger charge is 2.27. The number of piperazine rings is 1. The largest absolute Gasteiger partial charge is 0.369 e. The Morgan fingerprint density at radius 2 is 1.76 bits per heavy atom. The van der Waals surface area contributed by atoms with Crippen molar-refractivity contribution in [2.75, 3.05) is 61.8 Å². The van der Waals surface area contributed by atoms with Gasteiger partial charge in [-0.15, -0.1) is 0 Å². The van der Waals surface area contributed by atoms with Gasteiger partial charge in [0.15, 0.2) is 5.78 Å². The van der Waals surface area contributed by atoms with Crippen LogP contribution in [-0.2, 0) is 4.79 Å². The van der Waals surface area contributed by atoms with Crippen molar-refractivity contribution in [3.63, 3.8) is 0 Å². The lowest BCUT2D eigenvalue weighted by molar-refractivity contribution is -0.125. The molecule has 4 heterocycles. The molecule has 2 aliphatic heterocycles. The number of carbonyl (C=O) groups is 2. The number of nitrogens with zero attached hydrogens (tertiary/aromatic N) is 5. The maximum Gasteiger partial charge on any atom is 0.246 e. The van der Waals surface area contributed by atoms with Crippen molar-refractivity contribution in [2.24, 2.45) is 0 Å². The molecule has 0 aliphatic carbocycles. The number of anilines is 4. The van der Waals surface area contributed by atoms with E-state index in [4.69, 9.17) is 9.97 Å². The molecule has 0 bridgehead atoms. The third kappa shape index (κ3) is 5.64. The van der Waals surface area contributed by atoms with Crippen LogP contribution in [0.2, 0.25) is 0 Å². The average molecular weight is 551 g/mol. The summed E-state index contributed by atoms with van der Waals surface area (Å²) < 4.78 is 0. The quantitative estimate of drug-likeness (QED) is 0.224. The van der Waals surface area contributed by atoms with E-state index in [0.717, 1.165) is 38.3 Å². The summed E-state index contributed by atoms with van der Waals surface area (Å²) >= 11 is 0. The molecule has 2 aliphatic rings. The highest BCUT2D eigenvalue weighted by atomic mass is 16.2. The number of H-pyrrole nitrogens is 1. The molecule has 2 saturated heterocycles. The summed E-state index contributed by atoms with van der Waals surface area (Å²) in [7, 11) is 2.15. The second-order valence-corrected chi connectivity index (χ2v) is 10.6. The molecule has 210 valence electrons. The second kappa shape index (κ2) is 11.4. The predicted octanol–water partition coefficient (Wildman–Crippen LogP) is 3.88. The zero-order valence-electron chi connectivity index (χ0n) is 23.1. The van der Waals surface area contributed by atoms with Gasteiger partial charge in [-0.2, -0.15) is 9.97 Å². The number of rotatable bonds is 8. The molecule has 0 unspecified atom stereocenters. The van der Waals surface area contributed by atoms with E-state index >= 15 is 0 Å². The first-order valence-corrected chi connectivity index (χ1v) is 14.0. The van der Waals surface area contributed by atoms with Gasteiger partial charge in [0.1, 0.15) is 11.5 Å². The van der Waals surface area contributed by atoms with Crippen LogP contribution in [0.1, 0.15) is 22.3 Å². The van der Waals surface area contributed by atoms with Gasteiger partial charge in [0.05, 0.1) is 10.9 Å². The minimum atomic E-state index is -0.112. The standard InChI is InChI=1S/C31H34N8O2/c1-3-26(40)39-14-13-23(20-39)33-30-27-25(28(41)21-7-5-4-6-8-21)19-32-29(27)35-31(36-30)34-22-9-11-24(12-10-22)38-17-15-37(2)16-18-38/h3-12,19,23H,1,13-18,20H2,2H3,(H3,32,33,34,35,36)/t23-/m0/s1. The van der Waals surface area contributed by atoms with Crippen LogP contribution >= 0.6 is 0 Å². The first-order valence-electron chi connectivity index (χ1n) is 14.0. The molecule has 2 aromatic carbocycles. The fourth-order valence-corrected chi connectivity index (χ4v) is 5.47. The molecule has 0 radical (unpaired) electrons. The van der Waals surface area contributed by atoms with Crippen LogP contribution in [0.15, 0.2) is 73.4 Å². The summed E-state index contributed by atoms with van der Waals surface area (Å²) in [5.41, 5.74) is 3.69. The van der Waals surface area contributed by atoms with E-state index < -0.39 is 0 Å². The lowest BCUT2D eigenvalue weighted by atomic mass is 10.0. The Morgan fingerprint density at radius 3 is 2.49 bits per heavy atom. The molecule has 10 heteroatoms. The fraction of sp³-hybridized carbons (Fsp3) is 0.290. The maximum atomic E-state index is 13.5. The smallest absolute Gasteiger partial charge is 0.246 e. The van der Waals surface area contributed by atoms with Crippen molar-refractivity contribution in [1.29, 1.82) is 0 Å². The normalized spacial score (nSPS) is 17.5. The van der Waals surface area contributed by atoms with Gasteiger partial charge in [0.25, 0.3) is 0 Å². The molecular formula is C31H34N8O2. The van der Waals surface area contributed by atoms with Gasteiger partial charge in [-0.3, -0.25) is 9.59 Å². The van der Waals surface area contributed by atoms with Crippen molar-refractivity contribution in [2.45, 2.75) is 12.5 Å². The van der Waals surface area contributed by atoms with Crippen LogP contribution in [0, 0.1) is 0 Å². The van der Waals surface area contributed by atoms with E-state index in [-0.39, 0.29) is 17.7 Å². The molecule has 41 heavy (non-hydrogen) atoms. The van der Waals surface area contributed by atoms with E-state index in [1.165, 1.54) is 11.8 Å². The summed E-state index contributed by atoms with van der Waals surface area (Å²) in [5, 5.41) is 7.47. The molecule has 2 fully saturated rings. The number of benzene rings is 2. The highest BCUT2D eigenvalue weighted by Crippen LogP contribution is 2.30. The van der Waals surface area contributed by atoms with Crippen LogP contribution in [0.5, 0.6) is 0 Å². The number of likely N-dealkylation sites (tertiary alicyclic amines) is 1.